The number of piperidine rings is 1. The van der Waals surface area contributed by atoms with Crippen LogP contribution in [0.1, 0.15) is 49.8 Å². The first-order valence-electron chi connectivity index (χ1n) is 8.25. The third-order valence-electron chi connectivity index (χ3n) is 4.75. The van der Waals surface area contributed by atoms with Crippen LogP contribution in [0.25, 0.3) is 0 Å². The van der Waals surface area contributed by atoms with Gasteiger partial charge in [-0.1, -0.05) is 31.0 Å². The van der Waals surface area contributed by atoms with Crippen molar-refractivity contribution in [2.75, 3.05) is 27.2 Å². The minimum Gasteiger partial charge on any atom is -0.496 e. The van der Waals surface area contributed by atoms with Crippen molar-refractivity contribution in [1.29, 1.82) is 0 Å². The maximum absolute atomic E-state index is 5.57. The van der Waals surface area contributed by atoms with Gasteiger partial charge in [0, 0.05) is 24.2 Å². The Balaban J connectivity index is 2.17. The molecule has 0 aromatic heterocycles. The third-order valence-corrected chi connectivity index (χ3v) is 4.75. The Bertz CT molecular complexity index is 447. The fourth-order valence-electron chi connectivity index (χ4n) is 3.47. The molecular formula is C18H30N2O. The molecule has 0 bridgehead atoms. The lowest BCUT2D eigenvalue weighted by Gasteiger charge is -2.37. The van der Waals surface area contributed by atoms with E-state index >= 15 is 0 Å². The number of aryl methyl sites for hydroxylation is 1. The molecule has 0 radical (unpaired) electrons. The zero-order chi connectivity index (χ0) is 15.2. The van der Waals surface area contributed by atoms with Crippen LogP contribution in [-0.4, -0.2) is 38.2 Å². The molecule has 2 rings (SSSR count). The molecule has 21 heavy (non-hydrogen) atoms. The van der Waals surface area contributed by atoms with Gasteiger partial charge in [-0.25, -0.2) is 0 Å². The fourth-order valence-corrected chi connectivity index (χ4v) is 3.47. The van der Waals surface area contributed by atoms with E-state index in [0.717, 1.165) is 18.3 Å². The van der Waals surface area contributed by atoms with Crippen LogP contribution in [0.3, 0.4) is 0 Å². The molecule has 2 atom stereocenters. The molecule has 2 unspecified atom stereocenters. The molecule has 1 aromatic carbocycles. The van der Waals surface area contributed by atoms with Crippen molar-refractivity contribution in [2.24, 2.45) is 0 Å². The molecule has 0 saturated carbocycles. The predicted molar refractivity (Wildman–Crippen MR) is 89.0 cm³/mol. The first kappa shape index (κ1) is 16.3. The summed E-state index contributed by atoms with van der Waals surface area (Å²) in [6, 6.07) is 7.52. The standard InChI is InChI=1S/C18H30N2O/c1-5-15-8-6-7-11-20(15)13-17(19-3)16-12-14(2)9-10-18(16)21-4/h9-10,12,15,17,19H,5-8,11,13H2,1-4H3. The molecule has 0 amide bonds. The minimum atomic E-state index is 0.326. The number of methoxy groups -OCH3 is 1. The first-order chi connectivity index (χ1) is 10.2. The Labute approximate surface area is 129 Å². The second kappa shape index (κ2) is 7.81. The zero-order valence-electron chi connectivity index (χ0n) is 14.0. The second-order valence-corrected chi connectivity index (χ2v) is 6.14. The molecular weight excluding hydrogens is 260 g/mol. The summed E-state index contributed by atoms with van der Waals surface area (Å²) >= 11 is 0. The molecule has 1 heterocycles. The van der Waals surface area contributed by atoms with Gasteiger partial charge < -0.3 is 10.1 Å². The molecule has 0 aliphatic carbocycles. The van der Waals surface area contributed by atoms with Crippen LogP contribution in [-0.2, 0) is 0 Å². The van der Waals surface area contributed by atoms with Gasteiger partial charge >= 0.3 is 0 Å². The van der Waals surface area contributed by atoms with E-state index in [1.807, 2.05) is 0 Å². The summed E-state index contributed by atoms with van der Waals surface area (Å²) in [5.74, 6) is 0.991. The van der Waals surface area contributed by atoms with E-state index in [0.29, 0.717) is 6.04 Å². The molecule has 3 heteroatoms. The summed E-state index contributed by atoms with van der Waals surface area (Å²) in [5, 5.41) is 3.49. The van der Waals surface area contributed by atoms with Crippen molar-refractivity contribution < 1.29 is 4.74 Å². The maximum atomic E-state index is 5.57. The van der Waals surface area contributed by atoms with Gasteiger partial charge in [-0.2, -0.15) is 0 Å². The summed E-state index contributed by atoms with van der Waals surface area (Å²) in [6.07, 6.45) is 5.31. The average molecular weight is 290 g/mol. The second-order valence-electron chi connectivity index (χ2n) is 6.14. The Morgan fingerprint density at radius 3 is 2.86 bits per heavy atom. The number of hydrogen-bond donors (Lipinski definition) is 1. The largest absolute Gasteiger partial charge is 0.496 e. The van der Waals surface area contributed by atoms with Gasteiger partial charge in [0.15, 0.2) is 0 Å². The first-order valence-corrected chi connectivity index (χ1v) is 8.25. The van der Waals surface area contributed by atoms with E-state index in [-0.39, 0.29) is 0 Å². The van der Waals surface area contributed by atoms with E-state index in [1.54, 1.807) is 7.11 Å². The highest BCUT2D eigenvalue weighted by molar-refractivity contribution is 5.39. The highest BCUT2D eigenvalue weighted by Crippen LogP contribution is 2.29. The van der Waals surface area contributed by atoms with E-state index in [4.69, 9.17) is 4.74 Å². The molecule has 3 nitrogen and oxygen atoms in total. The van der Waals surface area contributed by atoms with Gasteiger partial charge in [0.25, 0.3) is 0 Å². The fraction of sp³-hybridized carbons (Fsp3) is 0.667. The van der Waals surface area contributed by atoms with Gasteiger partial charge in [-0.3, -0.25) is 4.90 Å². The lowest BCUT2D eigenvalue weighted by molar-refractivity contribution is 0.130. The van der Waals surface area contributed by atoms with E-state index < -0.39 is 0 Å². The van der Waals surface area contributed by atoms with Crippen LogP contribution >= 0.6 is 0 Å². The molecule has 1 N–H and O–H groups in total. The molecule has 118 valence electrons. The lowest BCUT2D eigenvalue weighted by atomic mass is 9.97. The Kier molecular flexibility index (Phi) is 6.07. The van der Waals surface area contributed by atoms with Crippen molar-refractivity contribution in [3.8, 4) is 5.75 Å². The SMILES string of the molecule is CCC1CCCCN1CC(NC)c1cc(C)ccc1OC. The minimum absolute atomic E-state index is 0.326. The number of rotatable bonds is 6. The van der Waals surface area contributed by atoms with Gasteiger partial charge in [0.1, 0.15) is 5.75 Å². The van der Waals surface area contributed by atoms with Crippen LogP contribution in [0.15, 0.2) is 18.2 Å². The number of nitrogens with zero attached hydrogens (tertiary/aromatic N) is 1. The van der Waals surface area contributed by atoms with Crippen LogP contribution in [0.5, 0.6) is 5.75 Å². The molecule has 1 aliphatic rings. The van der Waals surface area contributed by atoms with Crippen molar-refractivity contribution in [3.05, 3.63) is 29.3 Å². The number of likely N-dealkylation sites (N-methyl/N-ethyl adjacent to an activating group) is 1. The Morgan fingerprint density at radius 2 is 2.19 bits per heavy atom. The third kappa shape index (κ3) is 3.98. The van der Waals surface area contributed by atoms with Gasteiger partial charge in [0.05, 0.1) is 7.11 Å². The quantitative estimate of drug-likeness (QED) is 0.867. The van der Waals surface area contributed by atoms with Crippen LogP contribution < -0.4 is 10.1 Å². The lowest BCUT2D eigenvalue weighted by Crippen LogP contribution is -2.43. The maximum Gasteiger partial charge on any atom is 0.123 e. The topological polar surface area (TPSA) is 24.5 Å². The van der Waals surface area contributed by atoms with E-state index in [2.05, 4.69) is 49.3 Å². The number of hydrogen-bond acceptors (Lipinski definition) is 3. The van der Waals surface area contributed by atoms with Crippen molar-refractivity contribution in [2.45, 2.75) is 51.6 Å². The summed E-state index contributed by atoms with van der Waals surface area (Å²) in [5.41, 5.74) is 2.57. The number of benzene rings is 1. The molecule has 1 aliphatic heterocycles. The Hall–Kier alpha value is -1.06. The summed E-state index contributed by atoms with van der Waals surface area (Å²) < 4.78 is 5.57. The van der Waals surface area contributed by atoms with Crippen molar-refractivity contribution in [1.82, 2.24) is 10.2 Å². The van der Waals surface area contributed by atoms with Crippen molar-refractivity contribution >= 4 is 0 Å². The smallest absolute Gasteiger partial charge is 0.123 e. The monoisotopic (exact) mass is 290 g/mol. The van der Waals surface area contributed by atoms with Crippen LogP contribution in [0, 0.1) is 6.92 Å². The molecule has 0 spiro atoms. The highest BCUT2D eigenvalue weighted by Gasteiger charge is 2.25. The van der Waals surface area contributed by atoms with Crippen LogP contribution in [0.4, 0.5) is 0 Å². The molecule has 1 aromatic rings. The summed E-state index contributed by atoms with van der Waals surface area (Å²) in [6.45, 7) is 6.75. The summed E-state index contributed by atoms with van der Waals surface area (Å²) in [7, 11) is 3.81. The highest BCUT2D eigenvalue weighted by atomic mass is 16.5. The normalized spacial score (nSPS) is 21.2. The number of nitrogens with one attached hydrogen (secondary N) is 1. The zero-order valence-corrected chi connectivity index (χ0v) is 14.0. The summed E-state index contributed by atoms with van der Waals surface area (Å²) in [4.78, 5) is 2.66. The number of ether oxygens (including phenoxy) is 1. The predicted octanol–water partition coefficient (Wildman–Crippen LogP) is 3.53. The number of likely N-dealkylation sites (tertiary alicyclic amines) is 1. The van der Waals surface area contributed by atoms with Crippen LogP contribution in [0.2, 0.25) is 0 Å². The van der Waals surface area contributed by atoms with Gasteiger partial charge in [-0.05, 0) is 45.8 Å². The van der Waals surface area contributed by atoms with Gasteiger partial charge in [0.2, 0.25) is 0 Å². The Morgan fingerprint density at radius 1 is 1.38 bits per heavy atom. The van der Waals surface area contributed by atoms with E-state index in [1.165, 1.54) is 43.4 Å². The van der Waals surface area contributed by atoms with Gasteiger partial charge in [-0.15, -0.1) is 0 Å². The van der Waals surface area contributed by atoms with Crippen molar-refractivity contribution in [3.63, 3.8) is 0 Å². The molecule has 1 saturated heterocycles. The average Bonchev–Trinajstić information content (AvgIpc) is 2.53. The molecule has 1 fully saturated rings. The van der Waals surface area contributed by atoms with E-state index in [9.17, 15) is 0 Å².